The van der Waals surface area contributed by atoms with Crippen molar-refractivity contribution in [2.24, 2.45) is 10.7 Å². The van der Waals surface area contributed by atoms with Crippen molar-refractivity contribution in [3.63, 3.8) is 0 Å². The van der Waals surface area contributed by atoms with E-state index in [1.807, 2.05) is 13.8 Å². The Morgan fingerprint density at radius 3 is 2.92 bits per heavy atom. The summed E-state index contributed by atoms with van der Waals surface area (Å²) >= 11 is 0. The van der Waals surface area contributed by atoms with Crippen molar-refractivity contribution in [2.45, 2.75) is 25.8 Å². The first-order valence-corrected chi connectivity index (χ1v) is 4.34. The van der Waals surface area contributed by atoms with Crippen LogP contribution in [-0.4, -0.2) is 30.5 Å². The fourth-order valence-electron chi connectivity index (χ4n) is 1.28. The summed E-state index contributed by atoms with van der Waals surface area (Å²) in [4.78, 5) is 14.9. The lowest BCUT2D eigenvalue weighted by Crippen LogP contribution is -2.49. The van der Waals surface area contributed by atoms with Crippen molar-refractivity contribution in [3.05, 3.63) is 0 Å². The Balaban J connectivity index is 2.45. The predicted octanol–water partition coefficient (Wildman–Crippen LogP) is -0.811. The first-order valence-electron chi connectivity index (χ1n) is 4.34. The number of guanidine groups is 1. The summed E-state index contributed by atoms with van der Waals surface area (Å²) in [6.45, 7) is 5.48. The van der Waals surface area contributed by atoms with Crippen LogP contribution in [0.2, 0.25) is 0 Å². The molecule has 0 bridgehead atoms. The minimum atomic E-state index is -0.331. The van der Waals surface area contributed by atoms with Crippen molar-refractivity contribution in [2.75, 3.05) is 13.1 Å². The number of nitrogens with two attached hydrogens (primary N) is 1. The van der Waals surface area contributed by atoms with Gasteiger partial charge in [-0.15, -0.1) is 0 Å². The molecule has 5 heteroatoms. The predicted molar refractivity (Wildman–Crippen MR) is 51.3 cm³/mol. The number of carbonyl (C=O) groups excluding carboxylic acids is 1. The van der Waals surface area contributed by atoms with E-state index in [9.17, 15) is 4.79 Å². The number of carbonyl (C=O) groups is 1. The third kappa shape index (κ3) is 3.31. The van der Waals surface area contributed by atoms with E-state index in [0.717, 1.165) is 19.0 Å². The quantitative estimate of drug-likeness (QED) is 0.536. The van der Waals surface area contributed by atoms with Crippen LogP contribution in [0.25, 0.3) is 0 Å². The number of amides is 1. The number of nitrogens with one attached hydrogen (secondary N) is 2. The highest BCUT2D eigenvalue weighted by Gasteiger charge is 2.22. The average Bonchev–Trinajstić information content (AvgIpc) is 2.34. The van der Waals surface area contributed by atoms with E-state index in [1.54, 1.807) is 0 Å². The van der Waals surface area contributed by atoms with Crippen LogP contribution >= 0.6 is 0 Å². The zero-order chi connectivity index (χ0) is 9.90. The largest absolute Gasteiger partial charge is 0.370 e. The Bertz CT molecular complexity index is 234. The highest BCUT2D eigenvalue weighted by molar-refractivity contribution is 5.83. The lowest BCUT2D eigenvalue weighted by atomic mass is 10.0. The van der Waals surface area contributed by atoms with Crippen molar-refractivity contribution < 1.29 is 4.79 Å². The van der Waals surface area contributed by atoms with Crippen LogP contribution in [-0.2, 0) is 4.79 Å². The van der Waals surface area contributed by atoms with Crippen molar-refractivity contribution in [1.29, 1.82) is 0 Å². The molecule has 1 aliphatic heterocycles. The summed E-state index contributed by atoms with van der Waals surface area (Å²) in [6, 6.07) is 0. The first kappa shape index (κ1) is 9.83. The molecule has 13 heavy (non-hydrogen) atoms. The molecule has 1 aliphatic rings. The standard InChI is InChI=1S/C8H16N4O/c1-8(2,5-6(9)13)12-7-10-3-4-11-7/h3-5H2,1-2H3,(H2,9,13)(H2,10,11,12). The van der Waals surface area contributed by atoms with Crippen molar-refractivity contribution >= 4 is 11.9 Å². The molecule has 0 saturated carbocycles. The van der Waals surface area contributed by atoms with E-state index in [-0.39, 0.29) is 11.4 Å². The van der Waals surface area contributed by atoms with Crippen molar-refractivity contribution in [1.82, 2.24) is 10.6 Å². The number of primary amides is 1. The molecule has 0 spiro atoms. The molecule has 1 heterocycles. The number of hydrogen-bond donors (Lipinski definition) is 3. The maximum absolute atomic E-state index is 10.7. The van der Waals surface area contributed by atoms with Crippen LogP contribution < -0.4 is 16.4 Å². The highest BCUT2D eigenvalue weighted by atomic mass is 16.1. The Labute approximate surface area is 77.8 Å². The molecule has 0 aliphatic carbocycles. The van der Waals surface area contributed by atoms with E-state index in [0.29, 0.717) is 6.42 Å². The normalized spacial score (nSPS) is 16.3. The Hall–Kier alpha value is -1.26. The van der Waals surface area contributed by atoms with Crippen molar-refractivity contribution in [3.8, 4) is 0 Å². The Kier molecular flexibility index (Phi) is 2.75. The average molecular weight is 184 g/mol. The maximum Gasteiger partial charge on any atom is 0.219 e. The number of hydrogen-bond acceptors (Lipinski definition) is 4. The third-order valence-electron chi connectivity index (χ3n) is 1.75. The lowest BCUT2D eigenvalue weighted by Gasteiger charge is -2.25. The van der Waals surface area contributed by atoms with E-state index in [1.165, 1.54) is 0 Å². The second-order valence-electron chi connectivity index (χ2n) is 3.81. The van der Waals surface area contributed by atoms with Gasteiger partial charge in [0.25, 0.3) is 0 Å². The van der Waals surface area contributed by atoms with Crippen LogP contribution in [0.4, 0.5) is 0 Å². The Morgan fingerprint density at radius 2 is 2.46 bits per heavy atom. The van der Waals surface area contributed by atoms with Crippen LogP contribution in [0, 0.1) is 0 Å². The molecule has 0 aromatic rings. The molecule has 0 fully saturated rings. The molecule has 0 radical (unpaired) electrons. The van der Waals surface area contributed by atoms with E-state index in [2.05, 4.69) is 15.6 Å². The zero-order valence-electron chi connectivity index (χ0n) is 8.05. The molecule has 1 amide bonds. The molecular formula is C8H16N4O. The minimum absolute atomic E-state index is 0.299. The highest BCUT2D eigenvalue weighted by Crippen LogP contribution is 2.07. The second-order valence-corrected chi connectivity index (χ2v) is 3.81. The molecule has 4 N–H and O–H groups in total. The monoisotopic (exact) mass is 184 g/mol. The summed E-state index contributed by atoms with van der Waals surface area (Å²) in [5, 5.41) is 6.20. The summed E-state index contributed by atoms with van der Waals surface area (Å²) in [7, 11) is 0. The molecular weight excluding hydrogens is 168 g/mol. The molecule has 0 saturated heterocycles. The fourth-order valence-corrected chi connectivity index (χ4v) is 1.28. The van der Waals surface area contributed by atoms with Gasteiger partial charge in [-0.2, -0.15) is 0 Å². The maximum atomic E-state index is 10.7. The molecule has 5 nitrogen and oxygen atoms in total. The van der Waals surface area contributed by atoms with Gasteiger partial charge in [0.15, 0.2) is 5.96 Å². The van der Waals surface area contributed by atoms with Gasteiger partial charge < -0.3 is 16.4 Å². The summed E-state index contributed by atoms with van der Waals surface area (Å²) < 4.78 is 0. The molecule has 0 aromatic heterocycles. The lowest BCUT2D eigenvalue weighted by molar-refractivity contribution is -0.119. The van der Waals surface area contributed by atoms with Crippen LogP contribution in [0.5, 0.6) is 0 Å². The van der Waals surface area contributed by atoms with Gasteiger partial charge in [0, 0.05) is 18.5 Å². The van der Waals surface area contributed by atoms with Gasteiger partial charge >= 0.3 is 0 Å². The minimum Gasteiger partial charge on any atom is -0.370 e. The second kappa shape index (κ2) is 3.64. The number of nitrogens with zero attached hydrogens (tertiary/aromatic N) is 1. The topological polar surface area (TPSA) is 79.5 Å². The summed E-state index contributed by atoms with van der Waals surface area (Å²) in [5.74, 6) is 0.447. The van der Waals surface area contributed by atoms with Crippen LogP contribution in [0.1, 0.15) is 20.3 Å². The van der Waals surface area contributed by atoms with Crippen LogP contribution in [0.15, 0.2) is 4.99 Å². The van der Waals surface area contributed by atoms with Gasteiger partial charge in [0.1, 0.15) is 0 Å². The van der Waals surface area contributed by atoms with Crippen LogP contribution in [0.3, 0.4) is 0 Å². The molecule has 0 aromatic carbocycles. The van der Waals surface area contributed by atoms with Gasteiger partial charge in [-0.25, -0.2) is 0 Å². The molecule has 0 atom stereocenters. The van der Waals surface area contributed by atoms with Gasteiger partial charge in [-0.1, -0.05) is 0 Å². The third-order valence-corrected chi connectivity index (χ3v) is 1.75. The first-order chi connectivity index (χ1) is 5.99. The van der Waals surface area contributed by atoms with Gasteiger partial charge in [-0.3, -0.25) is 9.79 Å². The van der Waals surface area contributed by atoms with E-state index in [4.69, 9.17) is 5.73 Å². The summed E-state index contributed by atoms with van der Waals surface area (Å²) in [5.41, 5.74) is 4.78. The fraction of sp³-hybridized carbons (Fsp3) is 0.750. The summed E-state index contributed by atoms with van der Waals surface area (Å²) in [6.07, 6.45) is 0.299. The van der Waals surface area contributed by atoms with Gasteiger partial charge in [-0.05, 0) is 13.8 Å². The molecule has 74 valence electrons. The molecule has 0 unspecified atom stereocenters. The van der Waals surface area contributed by atoms with E-state index >= 15 is 0 Å². The van der Waals surface area contributed by atoms with E-state index < -0.39 is 0 Å². The number of aliphatic imine (C=N–C) groups is 1. The van der Waals surface area contributed by atoms with Gasteiger partial charge in [0.2, 0.25) is 5.91 Å². The number of rotatable bonds is 3. The molecule has 1 rings (SSSR count). The van der Waals surface area contributed by atoms with Gasteiger partial charge in [0.05, 0.1) is 6.54 Å². The SMILES string of the molecule is CC(C)(CC(N)=O)NC1=NCCN1. The zero-order valence-corrected chi connectivity index (χ0v) is 8.05. The smallest absolute Gasteiger partial charge is 0.219 e. The Morgan fingerprint density at radius 1 is 1.77 bits per heavy atom.